The Kier molecular flexibility index (Phi) is 6.24. The van der Waals surface area contributed by atoms with E-state index in [0.29, 0.717) is 16.7 Å². The maximum Gasteiger partial charge on any atom is 0.122 e. The molecule has 1 aliphatic heterocycles. The van der Waals surface area contributed by atoms with Gasteiger partial charge in [-0.05, 0) is 47.4 Å². The van der Waals surface area contributed by atoms with Gasteiger partial charge in [0.15, 0.2) is 0 Å². The van der Waals surface area contributed by atoms with Crippen molar-refractivity contribution >= 4 is 52.0 Å². The number of rotatable bonds is 5. The number of ether oxygens (including phenoxy) is 1. The second-order valence-corrected chi connectivity index (χ2v) is 8.59. The first-order valence-corrected chi connectivity index (χ1v) is 10.9. The summed E-state index contributed by atoms with van der Waals surface area (Å²) in [5.41, 5.74) is 4.13. The van der Waals surface area contributed by atoms with Crippen molar-refractivity contribution in [2.45, 2.75) is 6.61 Å². The van der Waals surface area contributed by atoms with E-state index in [0.717, 1.165) is 41.4 Å². The molecule has 0 radical (unpaired) electrons. The lowest BCUT2D eigenvalue weighted by Crippen LogP contribution is -2.20. The molecule has 0 spiro atoms. The van der Waals surface area contributed by atoms with E-state index in [2.05, 4.69) is 35.5 Å². The van der Waals surface area contributed by atoms with Gasteiger partial charge in [0.2, 0.25) is 0 Å². The summed E-state index contributed by atoms with van der Waals surface area (Å²) in [5.74, 6) is 0.860. The van der Waals surface area contributed by atoms with E-state index >= 15 is 0 Å². The Morgan fingerprint density at radius 3 is 2.79 bits per heavy atom. The third-order valence-electron chi connectivity index (χ3n) is 4.71. The number of benzodiazepines with no additional fused rings is 1. The number of allylic oxidation sites excluding steroid dienone is 1. The van der Waals surface area contributed by atoms with E-state index in [1.54, 1.807) is 17.4 Å². The van der Waals surface area contributed by atoms with Crippen LogP contribution in [0.2, 0.25) is 10.0 Å². The van der Waals surface area contributed by atoms with Crippen LogP contribution >= 0.6 is 34.5 Å². The van der Waals surface area contributed by atoms with Gasteiger partial charge in [0.1, 0.15) is 12.4 Å². The van der Waals surface area contributed by atoms with Crippen molar-refractivity contribution in [1.82, 2.24) is 0 Å². The summed E-state index contributed by atoms with van der Waals surface area (Å²) in [4.78, 5) is 8.20. The molecule has 1 aliphatic rings. The summed E-state index contributed by atoms with van der Waals surface area (Å²) >= 11 is 13.8. The lowest BCUT2D eigenvalue weighted by atomic mass is 10.0. The second-order valence-electron chi connectivity index (χ2n) is 6.74. The Labute approximate surface area is 184 Å². The molecule has 1 aromatic heterocycles. The molecule has 0 saturated carbocycles. The smallest absolute Gasteiger partial charge is 0.122 e. The zero-order chi connectivity index (χ0) is 20.2. The molecule has 0 unspecified atom stereocenters. The second kappa shape index (κ2) is 9.04. The largest absolute Gasteiger partial charge is 0.488 e. The van der Waals surface area contributed by atoms with E-state index in [4.69, 9.17) is 32.9 Å². The first-order chi connectivity index (χ1) is 14.1. The minimum absolute atomic E-state index is 0.546. The molecule has 0 fully saturated rings. The van der Waals surface area contributed by atoms with Crippen molar-refractivity contribution in [3.63, 3.8) is 0 Å². The highest BCUT2D eigenvalue weighted by molar-refractivity contribution is 7.09. The highest BCUT2D eigenvalue weighted by Crippen LogP contribution is 2.29. The van der Waals surface area contributed by atoms with Crippen LogP contribution < -0.4 is 9.64 Å². The highest BCUT2D eigenvalue weighted by Gasteiger charge is 2.16. The van der Waals surface area contributed by atoms with Gasteiger partial charge in [0.05, 0.1) is 22.3 Å². The Bertz CT molecular complexity index is 1060. The number of aliphatic imine (C=N–C) groups is 1. The van der Waals surface area contributed by atoms with Gasteiger partial charge in [0.25, 0.3) is 0 Å². The summed E-state index contributed by atoms with van der Waals surface area (Å²) in [6.45, 7) is 2.17. The van der Waals surface area contributed by atoms with Gasteiger partial charge >= 0.3 is 0 Å². The van der Waals surface area contributed by atoms with Crippen LogP contribution in [-0.2, 0) is 6.61 Å². The van der Waals surface area contributed by atoms with E-state index < -0.39 is 0 Å². The Morgan fingerprint density at radius 2 is 2.00 bits per heavy atom. The van der Waals surface area contributed by atoms with Gasteiger partial charge < -0.3 is 9.64 Å². The van der Waals surface area contributed by atoms with E-state index in [1.807, 2.05) is 36.4 Å². The van der Waals surface area contributed by atoms with Crippen molar-refractivity contribution in [2.75, 3.05) is 25.0 Å². The molecule has 0 amide bonds. The molecule has 6 heteroatoms. The third kappa shape index (κ3) is 4.84. The average molecular weight is 443 g/mol. The molecule has 4 rings (SSSR count). The van der Waals surface area contributed by atoms with Crippen LogP contribution in [0.3, 0.4) is 0 Å². The number of hydrogen-bond acceptors (Lipinski definition) is 4. The number of fused-ring (bicyclic) bond motifs is 1. The monoisotopic (exact) mass is 442 g/mol. The van der Waals surface area contributed by atoms with Crippen molar-refractivity contribution in [3.8, 4) is 5.75 Å². The molecular weight excluding hydrogens is 423 g/mol. The van der Waals surface area contributed by atoms with Crippen molar-refractivity contribution in [2.24, 2.45) is 4.99 Å². The summed E-state index contributed by atoms with van der Waals surface area (Å²) in [6.07, 6.45) is 4.04. The van der Waals surface area contributed by atoms with E-state index in [9.17, 15) is 0 Å². The number of halogens is 2. The molecule has 3 nitrogen and oxygen atoms in total. The van der Waals surface area contributed by atoms with Crippen LogP contribution in [0.4, 0.5) is 5.69 Å². The normalized spacial score (nSPS) is 13.9. The van der Waals surface area contributed by atoms with Crippen LogP contribution in [0, 0.1) is 0 Å². The van der Waals surface area contributed by atoms with Gasteiger partial charge in [-0.1, -0.05) is 41.4 Å². The highest BCUT2D eigenvalue weighted by atomic mass is 35.5. The van der Waals surface area contributed by atoms with Crippen LogP contribution in [0.25, 0.3) is 6.08 Å². The molecule has 148 valence electrons. The topological polar surface area (TPSA) is 24.8 Å². The number of nitrogens with zero attached hydrogens (tertiary/aromatic N) is 2. The van der Waals surface area contributed by atoms with Gasteiger partial charge in [-0.3, -0.25) is 4.99 Å². The molecule has 3 aromatic rings. The van der Waals surface area contributed by atoms with Crippen LogP contribution in [0.5, 0.6) is 5.75 Å². The average Bonchev–Trinajstić information content (AvgIpc) is 3.19. The zero-order valence-electron chi connectivity index (χ0n) is 15.9. The van der Waals surface area contributed by atoms with Gasteiger partial charge in [-0.25, -0.2) is 0 Å². The quantitative estimate of drug-likeness (QED) is 0.445. The van der Waals surface area contributed by atoms with E-state index in [1.165, 1.54) is 4.88 Å². The first kappa shape index (κ1) is 20.0. The predicted octanol–water partition coefficient (Wildman–Crippen LogP) is 6.59. The summed E-state index contributed by atoms with van der Waals surface area (Å²) in [5, 5.41) is 3.16. The summed E-state index contributed by atoms with van der Waals surface area (Å²) < 4.78 is 5.99. The number of anilines is 1. The number of thiophene rings is 1. The number of hydrogen-bond donors (Lipinski definition) is 0. The Balaban J connectivity index is 1.58. The third-order valence-corrected chi connectivity index (χ3v) is 6.30. The summed E-state index contributed by atoms with van der Waals surface area (Å²) in [6, 6.07) is 15.9. The molecule has 0 saturated heterocycles. The Hall–Kier alpha value is -2.27. The fourth-order valence-corrected chi connectivity index (χ4v) is 4.07. The van der Waals surface area contributed by atoms with Gasteiger partial charge in [-0.2, -0.15) is 0 Å². The predicted molar refractivity (Wildman–Crippen MR) is 125 cm³/mol. The number of likely N-dealkylation sites (N-methyl/N-ethyl adjacent to an activating group) is 1. The SMILES string of the molecule is CN1CCN=C(/C=C/c2ccc(Cl)c(Cl)c2)c2ccc(OCc3cccs3)cc21. The van der Waals surface area contributed by atoms with Crippen molar-refractivity contribution in [3.05, 3.63) is 86.0 Å². The molecule has 0 aliphatic carbocycles. The first-order valence-electron chi connectivity index (χ1n) is 9.28. The molecule has 0 bridgehead atoms. The van der Waals surface area contributed by atoms with Crippen molar-refractivity contribution in [1.29, 1.82) is 0 Å². The molecule has 0 N–H and O–H groups in total. The minimum Gasteiger partial charge on any atom is -0.488 e. The van der Waals surface area contributed by atoms with Gasteiger partial charge in [-0.15, -0.1) is 11.3 Å². The number of benzene rings is 2. The zero-order valence-corrected chi connectivity index (χ0v) is 18.3. The van der Waals surface area contributed by atoms with Crippen LogP contribution in [0.15, 0.2) is 65.0 Å². The maximum absolute atomic E-state index is 6.13. The van der Waals surface area contributed by atoms with E-state index in [-0.39, 0.29) is 0 Å². The van der Waals surface area contributed by atoms with Crippen LogP contribution in [-0.4, -0.2) is 25.8 Å². The molecule has 0 atom stereocenters. The lowest BCUT2D eigenvalue weighted by Gasteiger charge is -2.20. The fourth-order valence-electron chi connectivity index (χ4n) is 3.14. The molecular formula is C23H20Cl2N2OS. The maximum atomic E-state index is 6.13. The fraction of sp³-hybridized carbons (Fsp3) is 0.174. The van der Waals surface area contributed by atoms with Crippen molar-refractivity contribution < 1.29 is 4.74 Å². The molecule has 29 heavy (non-hydrogen) atoms. The van der Waals surface area contributed by atoms with Crippen LogP contribution in [0.1, 0.15) is 16.0 Å². The lowest BCUT2D eigenvalue weighted by molar-refractivity contribution is 0.310. The standard InChI is InChI=1S/C23H20Cl2N2OS/c1-27-11-10-26-22(9-5-16-4-8-20(24)21(25)13-16)19-7-6-17(14-23(19)27)28-15-18-3-2-12-29-18/h2-9,12-14H,10-11,15H2,1H3/b9-5+. The summed E-state index contributed by atoms with van der Waals surface area (Å²) in [7, 11) is 2.09. The minimum atomic E-state index is 0.546. The molecule has 2 heterocycles. The Morgan fingerprint density at radius 1 is 1.10 bits per heavy atom. The molecule has 2 aromatic carbocycles. The van der Waals surface area contributed by atoms with Gasteiger partial charge in [0, 0.05) is 35.8 Å².